The van der Waals surface area contributed by atoms with E-state index in [0.717, 1.165) is 38.7 Å². The third-order valence-corrected chi connectivity index (χ3v) is 4.77. The van der Waals surface area contributed by atoms with Crippen LogP contribution in [0.1, 0.15) is 5.69 Å². The molecule has 1 heterocycles. The molecule has 5 aromatic rings. The Kier molecular flexibility index (Phi) is 5.62. The zero-order valence-electron chi connectivity index (χ0n) is 15.4. The topological polar surface area (TPSA) is 25.2 Å². The van der Waals surface area contributed by atoms with Crippen LogP contribution < -0.4 is 0 Å². The van der Waals surface area contributed by atoms with Crippen molar-refractivity contribution in [1.29, 1.82) is 0 Å². The summed E-state index contributed by atoms with van der Waals surface area (Å²) >= 11 is 0. The first-order valence-electron chi connectivity index (χ1n) is 9.18. The normalized spacial score (nSPS) is 11.0. The number of aromatic nitrogens is 1. The maximum Gasteiger partial charge on any atom is 2.00 e. The average Bonchev–Trinajstić information content (AvgIpc) is 2.77. The van der Waals surface area contributed by atoms with Crippen molar-refractivity contribution in [2.24, 2.45) is 4.99 Å². The van der Waals surface area contributed by atoms with Gasteiger partial charge in [-0.1, -0.05) is 53.2 Å². The summed E-state index contributed by atoms with van der Waals surface area (Å²) in [6.07, 6.45) is 3.56. The van der Waals surface area contributed by atoms with Crippen molar-refractivity contribution < 1.29 is 20.4 Å². The van der Waals surface area contributed by atoms with Crippen molar-refractivity contribution in [2.45, 2.75) is 0 Å². The third kappa shape index (κ3) is 3.89. The maximum atomic E-state index is 4.68. The molecule has 140 valence electrons. The maximum absolute atomic E-state index is 4.68. The first kappa shape index (κ1) is 19.2. The molecule has 0 radical (unpaired) electrons. The zero-order chi connectivity index (χ0) is 18.8. The second-order valence-electron chi connectivity index (χ2n) is 6.57. The predicted molar refractivity (Wildman–Crippen MR) is 116 cm³/mol. The molecule has 4 aromatic carbocycles. The minimum atomic E-state index is 0. The summed E-state index contributed by atoms with van der Waals surface area (Å²) in [7, 11) is 0. The molecule has 29 heavy (non-hydrogen) atoms. The van der Waals surface area contributed by atoms with Crippen LogP contribution in [0.4, 0.5) is 5.69 Å². The van der Waals surface area contributed by atoms with Gasteiger partial charge in [-0.05, 0) is 12.1 Å². The molecule has 0 saturated heterocycles. The third-order valence-electron chi connectivity index (χ3n) is 4.77. The Morgan fingerprint density at radius 1 is 0.759 bits per heavy atom. The summed E-state index contributed by atoms with van der Waals surface area (Å²) in [5.41, 5.74) is 3.89. The summed E-state index contributed by atoms with van der Waals surface area (Å²) in [6, 6.07) is 35.5. The van der Waals surface area contributed by atoms with Crippen molar-refractivity contribution >= 4 is 33.4 Å². The first-order valence-corrected chi connectivity index (χ1v) is 9.18. The van der Waals surface area contributed by atoms with Gasteiger partial charge >= 0.3 is 20.4 Å². The Balaban J connectivity index is 0.00000205. The van der Waals surface area contributed by atoms with Gasteiger partial charge in [0.1, 0.15) is 0 Å². The van der Waals surface area contributed by atoms with Crippen LogP contribution in [-0.4, -0.2) is 11.2 Å². The zero-order valence-corrected chi connectivity index (χ0v) is 17.0. The monoisotopic (exact) mass is 462 g/mol. The van der Waals surface area contributed by atoms with E-state index in [4.69, 9.17) is 0 Å². The molecule has 0 aliphatic rings. The summed E-state index contributed by atoms with van der Waals surface area (Å²) in [4.78, 5) is 8.98. The van der Waals surface area contributed by atoms with Gasteiger partial charge in [-0.3, -0.25) is 9.98 Å². The predicted octanol–water partition coefficient (Wildman–Crippen LogP) is 6.40. The van der Waals surface area contributed by atoms with Crippen LogP contribution >= 0.6 is 0 Å². The summed E-state index contributed by atoms with van der Waals surface area (Å²) in [5, 5.41) is 4.40. The van der Waals surface area contributed by atoms with Gasteiger partial charge in [0.2, 0.25) is 0 Å². The fraction of sp³-hybridized carbons (Fsp3) is 0. The summed E-state index contributed by atoms with van der Waals surface area (Å²) in [5.74, 6) is 0. The van der Waals surface area contributed by atoms with E-state index in [9.17, 15) is 0 Å². The van der Waals surface area contributed by atoms with E-state index >= 15 is 0 Å². The number of fused-ring (bicyclic) bond motifs is 2. The molecule has 0 aliphatic heterocycles. The number of hydrogen-bond donors (Lipinski definition) is 0. The fourth-order valence-corrected chi connectivity index (χ4v) is 3.41. The summed E-state index contributed by atoms with van der Waals surface area (Å²) in [6.45, 7) is 0. The molecule has 0 N–H and O–H groups in total. The minimum absolute atomic E-state index is 0. The molecule has 3 heteroatoms. The number of hydrogen-bond acceptors (Lipinski definition) is 2. The Morgan fingerprint density at radius 3 is 2.45 bits per heavy atom. The van der Waals surface area contributed by atoms with Crippen LogP contribution in [0.5, 0.6) is 0 Å². The molecule has 0 atom stereocenters. The second kappa shape index (κ2) is 8.49. The van der Waals surface area contributed by atoms with Crippen molar-refractivity contribution in [2.75, 3.05) is 0 Å². The summed E-state index contributed by atoms with van der Waals surface area (Å²) < 4.78 is 0. The average molecular weight is 463 g/mol. The van der Waals surface area contributed by atoms with Crippen molar-refractivity contribution in [3.05, 3.63) is 109 Å². The first-order chi connectivity index (χ1) is 13.9. The second-order valence-corrected chi connectivity index (χ2v) is 6.57. The quantitative estimate of drug-likeness (QED) is 0.173. The molecule has 0 unspecified atom stereocenters. The molecule has 1 aromatic heterocycles. The van der Waals surface area contributed by atoms with E-state index < -0.39 is 0 Å². The van der Waals surface area contributed by atoms with E-state index in [-0.39, 0.29) is 20.4 Å². The van der Waals surface area contributed by atoms with Gasteiger partial charge in [-0.15, -0.1) is 64.4 Å². The van der Waals surface area contributed by atoms with Crippen molar-refractivity contribution in [3.8, 4) is 11.1 Å². The van der Waals surface area contributed by atoms with E-state index in [2.05, 4.69) is 64.6 Å². The van der Waals surface area contributed by atoms with Crippen LogP contribution in [-0.2, 0) is 20.4 Å². The Labute approximate surface area is 183 Å². The number of pyridine rings is 1. The van der Waals surface area contributed by atoms with E-state index in [1.807, 2.05) is 42.5 Å². The van der Waals surface area contributed by atoms with Gasteiger partial charge in [0.15, 0.2) is 0 Å². The molecule has 2 nitrogen and oxygen atoms in total. The molecule has 0 aliphatic carbocycles. The molecule has 0 bridgehead atoms. The molecular weight excluding hydrogens is 447 g/mol. The smallest absolute Gasteiger partial charge is 0.293 e. The van der Waals surface area contributed by atoms with Crippen molar-refractivity contribution in [3.63, 3.8) is 0 Å². The number of aliphatic imine (C=N–C) groups is 1. The van der Waals surface area contributed by atoms with E-state index in [1.54, 1.807) is 12.4 Å². The van der Waals surface area contributed by atoms with E-state index in [0.29, 0.717) is 0 Å². The van der Waals surface area contributed by atoms with Crippen LogP contribution in [0.2, 0.25) is 0 Å². The Hall–Kier alpha value is -3.12. The number of rotatable bonds is 3. The molecular formula is C26H16N2Pd. The largest absolute Gasteiger partial charge is 2.00 e. The standard InChI is InChI=1S/C26H16N2.Pd/c1-2-11-23-19(7-1)8-5-12-24(23)21-15-14-20-9-6-13-26(25(20)17-21)28-18-22-10-3-4-16-27-22;/h1-10,12-16,18H;/q-2;+2. The van der Waals surface area contributed by atoms with Crippen LogP contribution in [0, 0.1) is 12.1 Å². The van der Waals surface area contributed by atoms with Gasteiger partial charge < -0.3 is 0 Å². The number of nitrogens with zero attached hydrogens (tertiary/aromatic N) is 2. The van der Waals surface area contributed by atoms with Crippen LogP contribution in [0.3, 0.4) is 0 Å². The van der Waals surface area contributed by atoms with Crippen LogP contribution in [0.25, 0.3) is 32.7 Å². The number of benzene rings is 4. The van der Waals surface area contributed by atoms with Crippen molar-refractivity contribution in [1.82, 2.24) is 4.98 Å². The van der Waals surface area contributed by atoms with Gasteiger partial charge in [0, 0.05) is 18.1 Å². The van der Waals surface area contributed by atoms with Crippen LogP contribution in [0.15, 0.2) is 96.1 Å². The molecule has 0 amide bonds. The molecule has 5 rings (SSSR count). The minimum Gasteiger partial charge on any atom is -0.293 e. The molecule has 0 saturated carbocycles. The van der Waals surface area contributed by atoms with Gasteiger partial charge in [-0.2, -0.15) is 0 Å². The fourth-order valence-electron chi connectivity index (χ4n) is 3.41. The molecule has 0 spiro atoms. The van der Waals surface area contributed by atoms with Gasteiger partial charge in [-0.25, -0.2) is 0 Å². The van der Waals surface area contributed by atoms with Gasteiger partial charge in [0.05, 0.1) is 5.69 Å². The Bertz CT molecular complexity index is 1310. The van der Waals surface area contributed by atoms with Gasteiger partial charge in [0.25, 0.3) is 0 Å². The van der Waals surface area contributed by atoms with E-state index in [1.165, 1.54) is 5.39 Å². The Morgan fingerprint density at radius 2 is 1.59 bits per heavy atom. The SMILES string of the molecule is [Pd+2].[c-]1c(-c2cccc3ccc[c-]c23)ccc2cccc(N=Cc3ccccn3)c12. The molecule has 0 fully saturated rings.